The van der Waals surface area contributed by atoms with Crippen molar-refractivity contribution in [1.29, 1.82) is 0 Å². The fourth-order valence-corrected chi connectivity index (χ4v) is 3.61. The van der Waals surface area contributed by atoms with E-state index in [0.717, 1.165) is 0 Å². The van der Waals surface area contributed by atoms with E-state index in [4.69, 9.17) is 0 Å². The van der Waals surface area contributed by atoms with Crippen molar-refractivity contribution in [3.05, 3.63) is 35.4 Å². The van der Waals surface area contributed by atoms with Crippen LogP contribution in [-0.4, -0.2) is 32.9 Å². The van der Waals surface area contributed by atoms with E-state index in [2.05, 4.69) is 4.74 Å². The summed E-state index contributed by atoms with van der Waals surface area (Å²) >= 11 is 0. The summed E-state index contributed by atoms with van der Waals surface area (Å²) in [6, 6.07) is 6.41. The lowest BCUT2D eigenvalue weighted by Gasteiger charge is -2.15. The number of hydrogen-bond acceptors (Lipinski definition) is 5. The average molecular weight is 284 g/mol. The van der Waals surface area contributed by atoms with Gasteiger partial charge in [-0.15, -0.1) is 0 Å². The number of methoxy groups -OCH3 is 1. The number of esters is 1. The predicted molar refractivity (Wildman–Crippen MR) is 69.2 cm³/mol. The fourth-order valence-electron chi connectivity index (χ4n) is 2.20. The van der Waals surface area contributed by atoms with E-state index >= 15 is 0 Å². The highest BCUT2D eigenvalue weighted by molar-refractivity contribution is 7.92. The van der Waals surface area contributed by atoms with Crippen molar-refractivity contribution < 1.29 is 23.1 Å². The molecule has 0 amide bonds. The molecule has 2 rings (SSSR count). The van der Waals surface area contributed by atoms with Crippen molar-refractivity contribution in [3.8, 4) is 0 Å². The number of carbonyl (C=O) groups excluding carboxylic acids is 1. The zero-order valence-corrected chi connectivity index (χ0v) is 11.6. The first-order valence-corrected chi connectivity index (χ1v) is 7.77. The molecule has 0 heterocycles. The van der Waals surface area contributed by atoms with Crippen molar-refractivity contribution in [2.45, 2.75) is 23.7 Å². The Morgan fingerprint density at radius 1 is 1.32 bits per heavy atom. The zero-order chi connectivity index (χ0) is 14.3. The lowest BCUT2D eigenvalue weighted by Crippen LogP contribution is -2.19. The summed E-state index contributed by atoms with van der Waals surface area (Å²) in [4.78, 5) is 11.2. The highest BCUT2D eigenvalue weighted by Gasteiger charge is 2.53. The van der Waals surface area contributed by atoms with E-state index in [0.29, 0.717) is 24.0 Å². The van der Waals surface area contributed by atoms with Crippen LogP contribution < -0.4 is 0 Å². The lowest BCUT2D eigenvalue weighted by atomic mass is 10.0. The van der Waals surface area contributed by atoms with Crippen LogP contribution in [0.3, 0.4) is 0 Å². The number of rotatable bonds is 4. The molecule has 1 aliphatic carbocycles. The molecular weight excluding hydrogens is 268 g/mol. The van der Waals surface area contributed by atoms with E-state index in [-0.39, 0.29) is 0 Å². The third-order valence-corrected chi connectivity index (χ3v) is 5.65. The summed E-state index contributed by atoms with van der Waals surface area (Å²) in [7, 11) is -1.96. The molecule has 5 nitrogen and oxygen atoms in total. The van der Waals surface area contributed by atoms with Crippen LogP contribution in [0, 0.1) is 0 Å². The second-order valence-electron chi connectivity index (χ2n) is 4.81. The second kappa shape index (κ2) is 4.61. The Morgan fingerprint density at radius 3 is 2.21 bits per heavy atom. The highest BCUT2D eigenvalue weighted by atomic mass is 32.2. The second-order valence-corrected chi connectivity index (χ2v) is 7.14. The predicted octanol–water partition coefficient (Wildman–Crippen LogP) is 0.927. The molecule has 19 heavy (non-hydrogen) atoms. The molecule has 6 heteroatoms. The van der Waals surface area contributed by atoms with E-state index in [1.807, 2.05) is 0 Å². The van der Waals surface area contributed by atoms with Crippen LogP contribution in [0.2, 0.25) is 0 Å². The third kappa shape index (κ3) is 2.37. The molecule has 104 valence electrons. The van der Waals surface area contributed by atoms with Gasteiger partial charge in [-0.2, -0.15) is 0 Å². The number of sulfone groups is 1. The van der Waals surface area contributed by atoms with Gasteiger partial charge in [-0.3, -0.25) is 0 Å². The van der Waals surface area contributed by atoms with Gasteiger partial charge in [0.1, 0.15) is 0 Å². The molecule has 0 spiro atoms. The van der Waals surface area contributed by atoms with Crippen molar-refractivity contribution >= 4 is 15.8 Å². The number of aliphatic hydroxyl groups is 1. The van der Waals surface area contributed by atoms with Crippen LogP contribution >= 0.6 is 0 Å². The van der Waals surface area contributed by atoms with Crippen LogP contribution in [-0.2, 0) is 24.1 Å². The van der Waals surface area contributed by atoms with Crippen LogP contribution in [0.15, 0.2) is 24.3 Å². The van der Waals surface area contributed by atoms with Gasteiger partial charge in [-0.05, 0) is 24.0 Å². The summed E-state index contributed by atoms with van der Waals surface area (Å²) in [5, 5.41) is 9.67. The minimum absolute atomic E-state index is 0.389. The van der Waals surface area contributed by atoms with Crippen LogP contribution in [0.4, 0.5) is 0 Å². The van der Waals surface area contributed by atoms with Gasteiger partial charge in [0, 0.05) is 6.26 Å². The van der Waals surface area contributed by atoms with Crippen molar-refractivity contribution in [3.63, 3.8) is 0 Å². The summed E-state index contributed by atoms with van der Waals surface area (Å²) < 4.78 is 27.2. The maximum atomic E-state index is 11.8. The van der Waals surface area contributed by atoms with Gasteiger partial charge in [0.05, 0.1) is 11.9 Å². The molecule has 0 bridgehead atoms. The molecule has 1 saturated carbocycles. The molecule has 0 aliphatic heterocycles. The molecule has 1 fully saturated rings. The topological polar surface area (TPSA) is 80.7 Å². The van der Waals surface area contributed by atoms with Crippen LogP contribution in [0.5, 0.6) is 0 Å². The molecule has 1 aromatic rings. The highest BCUT2D eigenvalue weighted by Crippen LogP contribution is 2.52. The standard InChI is InChI=1S/C13H16O5S/c1-18-12(15)11(14)9-3-5-10(6-4-9)13(7-8-13)19(2,16)17/h3-6,11,14H,7-8H2,1-2H3. The number of benzene rings is 1. The van der Waals surface area contributed by atoms with Crippen LogP contribution in [0.1, 0.15) is 30.1 Å². The van der Waals surface area contributed by atoms with E-state index in [9.17, 15) is 18.3 Å². The Bertz CT molecular complexity index is 584. The Labute approximate surface area is 112 Å². The molecule has 0 aromatic heterocycles. The lowest BCUT2D eigenvalue weighted by molar-refractivity contribution is -0.150. The van der Waals surface area contributed by atoms with Crippen molar-refractivity contribution in [2.24, 2.45) is 0 Å². The summed E-state index contributed by atoms with van der Waals surface area (Å²) in [6.45, 7) is 0. The fraction of sp³-hybridized carbons (Fsp3) is 0.462. The number of ether oxygens (including phenoxy) is 1. The maximum absolute atomic E-state index is 11.8. The maximum Gasteiger partial charge on any atom is 0.339 e. The Kier molecular flexibility index (Phi) is 3.40. The molecule has 1 aliphatic rings. The molecule has 1 N–H and O–H groups in total. The SMILES string of the molecule is COC(=O)C(O)c1ccc(C2(S(C)(=O)=O)CC2)cc1. The molecule has 1 atom stereocenters. The molecule has 0 radical (unpaired) electrons. The van der Waals surface area contributed by atoms with E-state index in [1.54, 1.807) is 24.3 Å². The third-order valence-electron chi connectivity index (χ3n) is 3.59. The Hall–Kier alpha value is -1.40. The summed E-state index contributed by atoms with van der Waals surface area (Å²) in [5.74, 6) is -0.739. The Morgan fingerprint density at radius 2 is 1.84 bits per heavy atom. The summed E-state index contributed by atoms with van der Waals surface area (Å²) in [6.07, 6.45) is 1.12. The normalized spacial score (nSPS) is 18.7. The van der Waals surface area contributed by atoms with E-state index in [1.165, 1.54) is 13.4 Å². The molecule has 1 unspecified atom stereocenters. The smallest absolute Gasteiger partial charge is 0.339 e. The largest absolute Gasteiger partial charge is 0.467 e. The monoisotopic (exact) mass is 284 g/mol. The number of hydrogen-bond donors (Lipinski definition) is 1. The van der Waals surface area contributed by atoms with Crippen molar-refractivity contribution in [1.82, 2.24) is 0 Å². The summed E-state index contributed by atoms with van der Waals surface area (Å²) in [5.41, 5.74) is 1.09. The molecular formula is C13H16O5S. The first-order chi connectivity index (χ1) is 8.82. The zero-order valence-electron chi connectivity index (χ0n) is 10.8. The number of carbonyl (C=O) groups is 1. The quantitative estimate of drug-likeness (QED) is 0.832. The van der Waals surface area contributed by atoms with Gasteiger partial charge in [0.2, 0.25) is 0 Å². The van der Waals surface area contributed by atoms with Gasteiger partial charge >= 0.3 is 5.97 Å². The van der Waals surface area contributed by atoms with Gasteiger partial charge in [-0.25, -0.2) is 13.2 Å². The van der Waals surface area contributed by atoms with Gasteiger partial charge in [0.25, 0.3) is 0 Å². The first kappa shape index (κ1) is 14.0. The van der Waals surface area contributed by atoms with Gasteiger partial charge in [0.15, 0.2) is 15.9 Å². The number of aliphatic hydroxyl groups excluding tert-OH is 1. The van der Waals surface area contributed by atoms with Crippen LogP contribution in [0.25, 0.3) is 0 Å². The molecule has 1 aromatic carbocycles. The minimum Gasteiger partial charge on any atom is -0.467 e. The van der Waals surface area contributed by atoms with E-state index < -0.39 is 26.7 Å². The molecule has 0 saturated heterocycles. The van der Waals surface area contributed by atoms with Gasteiger partial charge in [-0.1, -0.05) is 24.3 Å². The van der Waals surface area contributed by atoms with Gasteiger partial charge < -0.3 is 9.84 Å². The first-order valence-electron chi connectivity index (χ1n) is 5.88. The Balaban J connectivity index is 2.28. The van der Waals surface area contributed by atoms with Crippen molar-refractivity contribution in [2.75, 3.05) is 13.4 Å². The average Bonchev–Trinajstić information content (AvgIpc) is 3.18. The minimum atomic E-state index is -3.15.